The maximum Gasteiger partial charge on any atom is 0.129 e. The summed E-state index contributed by atoms with van der Waals surface area (Å²) in [4.78, 5) is 14.1. The summed E-state index contributed by atoms with van der Waals surface area (Å²) < 4.78 is 0. The Kier molecular flexibility index (Phi) is 5.11. The molecule has 2 aromatic carbocycles. The summed E-state index contributed by atoms with van der Waals surface area (Å²) in [6, 6.07) is 20.4. The number of nitrogens with zero attached hydrogens (tertiary/aromatic N) is 2. The SMILES string of the molecule is C[C@@H](NN1CCC[C@@H]2CN3CC(=C=O)c4ccccc4[C@@H]3C[C@@H]21)c1ccccc1. The fraction of sp³-hybridized carbons (Fsp3) is 0.440. The van der Waals surface area contributed by atoms with Crippen LogP contribution in [0.5, 0.6) is 0 Å². The van der Waals surface area contributed by atoms with Crippen molar-refractivity contribution in [2.45, 2.75) is 44.3 Å². The Morgan fingerprint density at radius 2 is 1.90 bits per heavy atom. The number of nitrogens with one attached hydrogen (secondary N) is 1. The lowest BCUT2D eigenvalue weighted by Crippen LogP contribution is -2.59. The van der Waals surface area contributed by atoms with Gasteiger partial charge in [0.05, 0.1) is 5.57 Å². The van der Waals surface area contributed by atoms with Crippen molar-refractivity contribution in [3.05, 3.63) is 71.3 Å². The monoisotopic (exact) mass is 387 g/mol. The Bertz CT molecular complexity index is 921. The van der Waals surface area contributed by atoms with E-state index >= 15 is 0 Å². The van der Waals surface area contributed by atoms with E-state index in [2.05, 4.69) is 76.7 Å². The molecule has 3 heterocycles. The van der Waals surface area contributed by atoms with Crippen LogP contribution in [0.25, 0.3) is 5.57 Å². The predicted molar refractivity (Wildman–Crippen MR) is 116 cm³/mol. The number of benzene rings is 2. The van der Waals surface area contributed by atoms with E-state index in [1.165, 1.54) is 24.0 Å². The molecular weight excluding hydrogens is 358 g/mol. The molecular formula is C25H29N3O. The van der Waals surface area contributed by atoms with Crippen LogP contribution in [0.4, 0.5) is 0 Å². The van der Waals surface area contributed by atoms with Crippen molar-refractivity contribution in [3.63, 3.8) is 0 Å². The molecule has 0 spiro atoms. The van der Waals surface area contributed by atoms with Gasteiger partial charge < -0.3 is 0 Å². The van der Waals surface area contributed by atoms with Gasteiger partial charge in [-0.25, -0.2) is 15.2 Å². The number of hydrogen-bond donors (Lipinski definition) is 1. The van der Waals surface area contributed by atoms with Gasteiger partial charge in [-0.05, 0) is 48.8 Å². The van der Waals surface area contributed by atoms with E-state index in [0.717, 1.165) is 37.2 Å². The zero-order chi connectivity index (χ0) is 19.8. The van der Waals surface area contributed by atoms with Gasteiger partial charge in [-0.3, -0.25) is 4.90 Å². The summed E-state index contributed by atoms with van der Waals surface area (Å²) in [5, 5.41) is 2.52. The molecule has 0 saturated carbocycles. The van der Waals surface area contributed by atoms with Crippen LogP contribution < -0.4 is 5.43 Å². The third kappa shape index (κ3) is 3.47. The van der Waals surface area contributed by atoms with Gasteiger partial charge in [-0.15, -0.1) is 0 Å². The molecule has 4 heteroatoms. The van der Waals surface area contributed by atoms with Gasteiger partial charge in [0.15, 0.2) is 0 Å². The highest BCUT2D eigenvalue weighted by Crippen LogP contribution is 2.44. The normalized spacial score (nSPS) is 28.0. The molecule has 2 saturated heterocycles. The maximum absolute atomic E-state index is 11.6. The smallest absolute Gasteiger partial charge is 0.129 e. The second-order valence-corrected chi connectivity index (χ2v) is 8.77. The van der Waals surface area contributed by atoms with Crippen LogP contribution in [0.3, 0.4) is 0 Å². The Balaban J connectivity index is 1.40. The summed E-state index contributed by atoms with van der Waals surface area (Å²) in [6.45, 7) is 5.16. The standard InChI is InChI=1S/C25H29N3O/c1-18(19-8-3-2-4-9-19)26-28-13-7-10-20-15-27-16-21(17-29)22-11-5-6-12-23(22)25(27)14-24(20)28/h2-6,8-9,11-12,18,20,24-26H,7,10,13-16H2,1H3/t18-,20-,24+,25+/m1/s1. The predicted octanol–water partition coefficient (Wildman–Crippen LogP) is 4.01. The molecule has 4 atom stereocenters. The largest absolute Gasteiger partial charge is 0.291 e. The minimum atomic E-state index is 0.302. The minimum absolute atomic E-state index is 0.302. The van der Waals surface area contributed by atoms with Crippen molar-refractivity contribution in [2.75, 3.05) is 19.6 Å². The number of hydrazine groups is 1. The van der Waals surface area contributed by atoms with Crippen LogP contribution >= 0.6 is 0 Å². The molecule has 1 N–H and O–H groups in total. The van der Waals surface area contributed by atoms with Crippen LogP contribution in [0, 0.1) is 5.92 Å². The highest BCUT2D eigenvalue weighted by Gasteiger charge is 2.43. The van der Waals surface area contributed by atoms with E-state index < -0.39 is 0 Å². The fourth-order valence-corrected chi connectivity index (χ4v) is 5.64. The van der Waals surface area contributed by atoms with Crippen LogP contribution in [0.15, 0.2) is 54.6 Å². The molecule has 4 nitrogen and oxygen atoms in total. The van der Waals surface area contributed by atoms with Gasteiger partial charge in [0.2, 0.25) is 0 Å². The minimum Gasteiger partial charge on any atom is -0.291 e. The van der Waals surface area contributed by atoms with Crippen molar-refractivity contribution >= 4 is 11.5 Å². The van der Waals surface area contributed by atoms with Gasteiger partial charge in [0, 0.05) is 37.8 Å². The number of piperidine rings is 2. The van der Waals surface area contributed by atoms with Crippen LogP contribution in [-0.2, 0) is 4.79 Å². The molecule has 29 heavy (non-hydrogen) atoms. The first kappa shape index (κ1) is 18.8. The van der Waals surface area contributed by atoms with Gasteiger partial charge in [-0.2, -0.15) is 0 Å². The van der Waals surface area contributed by atoms with Gasteiger partial charge in [-0.1, -0.05) is 54.6 Å². The number of rotatable bonds is 3. The van der Waals surface area contributed by atoms with E-state index in [9.17, 15) is 4.79 Å². The number of hydrogen-bond acceptors (Lipinski definition) is 4. The van der Waals surface area contributed by atoms with Crippen LogP contribution in [0.1, 0.15) is 55.0 Å². The average molecular weight is 388 g/mol. The zero-order valence-electron chi connectivity index (χ0n) is 17.1. The second-order valence-electron chi connectivity index (χ2n) is 8.77. The van der Waals surface area contributed by atoms with Crippen molar-refractivity contribution in [3.8, 4) is 0 Å². The first-order chi connectivity index (χ1) is 14.2. The molecule has 3 aliphatic heterocycles. The van der Waals surface area contributed by atoms with E-state index in [-0.39, 0.29) is 0 Å². The first-order valence-electron chi connectivity index (χ1n) is 10.9. The topological polar surface area (TPSA) is 35.6 Å². The summed E-state index contributed by atoms with van der Waals surface area (Å²) in [5.41, 5.74) is 8.38. The van der Waals surface area contributed by atoms with E-state index in [0.29, 0.717) is 24.0 Å². The molecule has 0 amide bonds. The number of fused-ring (bicyclic) bond motifs is 4. The third-order valence-corrected chi connectivity index (χ3v) is 7.08. The van der Waals surface area contributed by atoms with E-state index in [1.807, 2.05) is 6.07 Å². The second kappa shape index (κ2) is 7.89. The lowest BCUT2D eigenvalue weighted by atomic mass is 9.76. The van der Waals surface area contributed by atoms with Crippen molar-refractivity contribution in [2.24, 2.45) is 5.92 Å². The molecule has 0 radical (unpaired) electrons. The quantitative estimate of drug-likeness (QED) is 0.808. The van der Waals surface area contributed by atoms with Crippen molar-refractivity contribution < 1.29 is 4.79 Å². The Hall–Kier alpha value is -2.23. The highest BCUT2D eigenvalue weighted by molar-refractivity contribution is 5.90. The maximum atomic E-state index is 11.6. The number of carbonyl (C=O) groups excluding carboxylic acids is 1. The molecule has 2 aromatic rings. The molecule has 0 aliphatic carbocycles. The summed E-state index contributed by atoms with van der Waals surface area (Å²) in [7, 11) is 0. The van der Waals surface area contributed by atoms with Crippen molar-refractivity contribution in [1.82, 2.24) is 15.3 Å². The van der Waals surface area contributed by atoms with Crippen LogP contribution in [-0.4, -0.2) is 41.5 Å². The summed E-state index contributed by atoms with van der Waals surface area (Å²) in [5.74, 6) is 2.87. The molecule has 5 rings (SSSR count). The fourth-order valence-electron chi connectivity index (χ4n) is 5.64. The molecule has 0 unspecified atom stereocenters. The van der Waals surface area contributed by atoms with Crippen molar-refractivity contribution in [1.29, 1.82) is 0 Å². The summed E-state index contributed by atoms with van der Waals surface area (Å²) >= 11 is 0. The molecule has 150 valence electrons. The molecule has 2 fully saturated rings. The molecule has 0 aromatic heterocycles. The lowest BCUT2D eigenvalue weighted by molar-refractivity contribution is -0.0372. The zero-order valence-corrected chi connectivity index (χ0v) is 17.1. The van der Waals surface area contributed by atoms with Gasteiger partial charge in [0.1, 0.15) is 5.94 Å². The van der Waals surface area contributed by atoms with Gasteiger partial charge >= 0.3 is 0 Å². The molecule has 0 bridgehead atoms. The van der Waals surface area contributed by atoms with E-state index in [4.69, 9.17) is 0 Å². The third-order valence-electron chi connectivity index (χ3n) is 7.08. The Labute approximate surface area is 173 Å². The van der Waals surface area contributed by atoms with E-state index in [1.54, 1.807) is 0 Å². The highest BCUT2D eigenvalue weighted by atomic mass is 16.1. The average Bonchev–Trinajstić information content (AvgIpc) is 2.78. The summed E-state index contributed by atoms with van der Waals surface area (Å²) in [6.07, 6.45) is 3.61. The Morgan fingerprint density at radius 1 is 1.10 bits per heavy atom. The lowest BCUT2D eigenvalue weighted by Gasteiger charge is -2.52. The molecule has 3 aliphatic rings. The van der Waals surface area contributed by atoms with Crippen LogP contribution in [0.2, 0.25) is 0 Å². The first-order valence-corrected chi connectivity index (χ1v) is 10.9. The Morgan fingerprint density at radius 3 is 2.72 bits per heavy atom. The van der Waals surface area contributed by atoms with Gasteiger partial charge in [0.25, 0.3) is 0 Å².